The Balaban J connectivity index is 1.84. The summed E-state index contributed by atoms with van der Waals surface area (Å²) in [7, 11) is -0.764. The lowest BCUT2D eigenvalue weighted by Gasteiger charge is -2.50. The van der Waals surface area contributed by atoms with Gasteiger partial charge in [-0.25, -0.2) is 0 Å². The molecule has 6 heteroatoms. The van der Waals surface area contributed by atoms with Crippen LogP contribution in [0.3, 0.4) is 0 Å². The molecule has 4 rings (SSSR count). The van der Waals surface area contributed by atoms with E-state index in [9.17, 15) is 9.59 Å². The van der Waals surface area contributed by atoms with Crippen LogP contribution in [0, 0.1) is 29.6 Å². The molecular weight excluding hydrogens is 346 g/mol. The Morgan fingerprint density at radius 1 is 1.27 bits per heavy atom. The average molecular weight is 378 g/mol. The van der Waals surface area contributed by atoms with Crippen molar-refractivity contribution >= 4 is 20.2 Å². The number of hydrogen-bond donors (Lipinski definition) is 0. The summed E-state index contributed by atoms with van der Waals surface area (Å²) in [4.78, 5) is 28.0. The van der Waals surface area contributed by atoms with Crippen LogP contribution in [0.4, 0.5) is 0 Å². The van der Waals surface area contributed by atoms with Gasteiger partial charge in [-0.2, -0.15) is 0 Å². The van der Waals surface area contributed by atoms with Gasteiger partial charge in [-0.15, -0.1) is 0 Å². The summed E-state index contributed by atoms with van der Waals surface area (Å²) in [6.45, 7) is 11.6. The van der Waals surface area contributed by atoms with Gasteiger partial charge in [-0.05, 0) is 42.8 Å². The van der Waals surface area contributed by atoms with Crippen LogP contribution in [0.2, 0.25) is 18.1 Å². The van der Waals surface area contributed by atoms with E-state index in [0.29, 0.717) is 24.8 Å². The number of amides is 1. The van der Waals surface area contributed by atoms with Gasteiger partial charge >= 0.3 is 5.97 Å². The molecule has 1 amide bonds. The van der Waals surface area contributed by atoms with Gasteiger partial charge in [0, 0.05) is 12.5 Å². The van der Waals surface area contributed by atoms with Crippen LogP contribution in [0.15, 0.2) is 12.2 Å². The second kappa shape index (κ2) is 5.44. The Hall–Kier alpha value is -1.14. The van der Waals surface area contributed by atoms with Crippen molar-refractivity contribution in [3.63, 3.8) is 0 Å². The molecule has 2 saturated heterocycles. The highest BCUT2D eigenvalue weighted by molar-refractivity contribution is 6.74. The van der Waals surface area contributed by atoms with Crippen LogP contribution in [-0.4, -0.2) is 44.5 Å². The van der Waals surface area contributed by atoms with E-state index >= 15 is 0 Å². The van der Waals surface area contributed by atoms with Crippen LogP contribution >= 0.6 is 0 Å². The van der Waals surface area contributed by atoms with Crippen molar-refractivity contribution in [1.29, 1.82) is 0 Å². The number of ether oxygens (including phenoxy) is 1. The number of nitrogens with zero attached hydrogens (tertiary/aromatic N) is 1. The summed E-state index contributed by atoms with van der Waals surface area (Å²) in [5.41, 5.74) is -0.817. The van der Waals surface area contributed by atoms with Gasteiger partial charge in [0.15, 0.2) is 14.0 Å². The smallest absolute Gasteiger partial charge is 0.313 e. The van der Waals surface area contributed by atoms with Gasteiger partial charge in [0.2, 0.25) is 5.91 Å². The number of methoxy groups -OCH3 is 1. The van der Waals surface area contributed by atoms with Crippen molar-refractivity contribution in [1.82, 2.24) is 4.90 Å². The molecule has 2 unspecified atom stereocenters. The first-order chi connectivity index (χ1) is 12.0. The number of hydrogen-bond acceptors (Lipinski definition) is 4. The number of carbonyl (C=O) groups is 2. The van der Waals surface area contributed by atoms with Crippen LogP contribution < -0.4 is 0 Å². The highest BCUT2D eigenvalue weighted by atomic mass is 28.4. The maximum atomic E-state index is 13.3. The van der Waals surface area contributed by atoms with Crippen molar-refractivity contribution < 1.29 is 18.8 Å². The fourth-order valence-corrected chi connectivity index (χ4v) is 7.12. The van der Waals surface area contributed by atoms with Crippen molar-refractivity contribution in [3.05, 3.63) is 12.2 Å². The molecule has 0 aromatic carbocycles. The zero-order valence-corrected chi connectivity index (χ0v) is 17.7. The first kappa shape index (κ1) is 18.2. The zero-order valence-electron chi connectivity index (χ0n) is 16.7. The quantitative estimate of drug-likeness (QED) is 0.431. The largest absolute Gasteiger partial charge is 0.469 e. The maximum absolute atomic E-state index is 13.3. The highest BCUT2D eigenvalue weighted by Crippen LogP contribution is 2.64. The van der Waals surface area contributed by atoms with Crippen molar-refractivity contribution in [3.8, 4) is 0 Å². The minimum atomic E-state index is -2.21. The normalized spacial score (nSPS) is 40.9. The Bertz CT molecular complexity index is 682. The average Bonchev–Trinajstić information content (AvgIpc) is 3.27. The first-order valence-corrected chi connectivity index (χ1v) is 12.7. The fraction of sp³-hybridized carbons (Fsp3) is 0.800. The third-order valence-corrected chi connectivity index (χ3v) is 12.2. The monoisotopic (exact) mass is 377 g/mol. The second-order valence-corrected chi connectivity index (χ2v) is 14.7. The summed E-state index contributed by atoms with van der Waals surface area (Å²) >= 11 is 0. The summed E-state index contributed by atoms with van der Waals surface area (Å²) in [5, 5.41) is 0.00523. The topological polar surface area (TPSA) is 55.8 Å². The molecular formula is C20H31NO4Si. The van der Waals surface area contributed by atoms with Gasteiger partial charge in [0.05, 0.1) is 13.0 Å². The van der Waals surface area contributed by atoms with E-state index < -0.39 is 14.0 Å². The van der Waals surface area contributed by atoms with Gasteiger partial charge in [-0.1, -0.05) is 32.9 Å². The zero-order chi connectivity index (χ0) is 19.1. The van der Waals surface area contributed by atoms with E-state index in [-0.39, 0.29) is 34.7 Å². The lowest BCUT2D eigenvalue weighted by atomic mass is 9.75. The predicted molar refractivity (Wildman–Crippen MR) is 101 cm³/mol. The van der Waals surface area contributed by atoms with E-state index in [4.69, 9.17) is 9.16 Å². The Labute approximate surface area is 157 Å². The fourth-order valence-electron chi connectivity index (χ4n) is 5.61. The SMILES string of the molecule is COC(=O)C1CCN2C(=O)[C@H]3[C@H]([C@H]4C=C[C@@H]3C4)C12O[Si](C)(C)C(C)(C)C. The van der Waals surface area contributed by atoms with Crippen molar-refractivity contribution in [2.24, 2.45) is 29.6 Å². The lowest BCUT2D eigenvalue weighted by Crippen LogP contribution is -2.61. The lowest BCUT2D eigenvalue weighted by molar-refractivity contribution is -0.169. The third-order valence-electron chi connectivity index (χ3n) is 7.76. The summed E-state index contributed by atoms with van der Waals surface area (Å²) in [6.07, 6.45) is 6.12. The Morgan fingerprint density at radius 2 is 1.92 bits per heavy atom. The number of fused-ring (bicyclic) bond motifs is 7. The molecule has 0 radical (unpaired) electrons. The molecule has 2 heterocycles. The molecule has 5 nitrogen and oxygen atoms in total. The molecule has 0 aromatic rings. The molecule has 2 aliphatic heterocycles. The van der Waals surface area contributed by atoms with Crippen molar-refractivity contribution in [2.75, 3.05) is 13.7 Å². The van der Waals surface area contributed by atoms with Crippen LogP contribution in [0.25, 0.3) is 0 Å². The maximum Gasteiger partial charge on any atom is 0.313 e. The molecule has 0 aromatic heterocycles. The Kier molecular flexibility index (Phi) is 3.82. The van der Waals surface area contributed by atoms with Gasteiger partial charge in [0.25, 0.3) is 0 Å². The number of esters is 1. The molecule has 0 N–H and O–H groups in total. The highest BCUT2D eigenvalue weighted by Gasteiger charge is 2.74. The van der Waals surface area contributed by atoms with E-state index in [1.807, 2.05) is 4.90 Å². The van der Waals surface area contributed by atoms with Crippen LogP contribution in [0.5, 0.6) is 0 Å². The molecule has 6 atom stereocenters. The van der Waals surface area contributed by atoms with Gasteiger partial charge in [-0.3, -0.25) is 9.59 Å². The van der Waals surface area contributed by atoms with Gasteiger partial charge < -0.3 is 14.1 Å². The van der Waals surface area contributed by atoms with Crippen LogP contribution in [-0.2, 0) is 18.8 Å². The number of allylic oxidation sites excluding steroid dienone is 2. The predicted octanol–water partition coefficient (Wildman–Crippen LogP) is 3.18. The van der Waals surface area contributed by atoms with Crippen LogP contribution in [0.1, 0.15) is 33.6 Å². The molecule has 2 aliphatic carbocycles. The molecule has 26 heavy (non-hydrogen) atoms. The molecule has 2 bridgehead atoms. The minimum Gasteiger partial charge on any atom is -0.469 e. The third kappa shape index (κ3) is 2.11. The van der Waals surface area contributed by atoms with E-state index in [2.05, 4.69) is 46.0 Å². The van der Waals surface area contributed by atoms with Crippen molar-refractivity contribution in [2.45, 2.75) is 57.5 Å². The molecule has 1 saturated carbocycles. The standard InChI is InChI=1S/C20H31NO4Si/c1-19(2,3)26(5,6)25-20-14(18(23)24-4)9-10-21(20)17(22)15-12-7-8-13(11-12)16(15)20/h7-8,12-16H,9-11H2,1-6H3/t12-,13+,14?,15-,16+,20?/m1/s1. The van der Waals surface area contributed by atoms with Gasteiger partial charge in [0.1, 0.15) is 5.92 Å². The summed E-state index contributed by atoms with van der Waals surface area (Å²) in [6, 6.07) is 0. The molecule has 3 fully saturated rings. The molecule has 4 aliphatic rings. The Morgan fingerprint density at radius 3 is 2.54 bits per heavy atom. The summed E-state index contributed by atoms with van der Waals surface area (Å²) < 4.78 is 12.2. The number of carbonyl (C=O) groups excluding carboxylic acids is 2. The first-order valence-electron chi connectivity index (χ1n) is 9.82. The summed E-state index contributed by atoms with van der Waals surface area (Å²) in [5.74, 6) is 0.264. The molecule has 0 spiro atoms. The van der Waals surface area contributed by atoms with E-state index in [1.165, 1.54) is 7.11 Å². The van der Waals surface area contributed by atoms with E-state index in [1.54, 1.807) is 0 Å². The number of rotatable bonds is 3. The van der Waals surface area contributed by atoms with E-state index in [0.717, 1.165) is 6.42 Å². The minimum absolute atomic E-state index is 0.00523. The molecule has 144 valence electrons. The second-order valence-electron chi connectivity index (χ2n) is 9.97.